The quantitative estimate of drug-likeness (QED) is 0.426. The fourth-order valence-corrected chi connectivity index (χ4v) is 1.08. The van der Waals surface area contributed by atoms with Gasteiger partial charge in [0.15, 0.2) is 0 Å². The first kappa shape index (κ1) is 6.59. The van der Waals surface area contributed by atoms with Crippen LogP contribution < -0.4 is 0 Å². The first-order chi connectivity index (χ1) is 4.20. The maximum Gasteiger partial charge on any atom is 0.233 e. The monoisotopic (exact) mass is 127 g/mol. The van der Waals surface area contributed by atoms with Crippen molar-refractivity contribution in [1.82, 2.24) is 4.90 Å². The number of nitrogens with zero attached hydrogens (tertiary/aromatic N) is 2. The van der Waals surface area contributed by atoms with Crippen LogP contribution in [0.2, 0.25) is 0 Å². The van der Waals surface area contributed by atoms with Crippen LogP contribution in [-0.4, -0.2) is 42.5 Å². The summed E-state index contributed by atoms with van der Waals surface area (Å²) in [6.45, 7) is 3.45. The average molecular weight is 127 g/mol. The molecule has 0 amide bonds. The van der Waals surface area contributed by atoms with Gasteiger partial charge in [-0.15, -0.1) is 0 Å². The van der Waals surface area contributed by atoms with Gasteiger partial charge in [0.2, 0.25) is 6.34 Å². The first-order valence-electron chi connectivity index (χ1n) is 3.47. The summed E-state index contributed by atoms with van der Waals surface area (Å²) in [5.41, 5.74) is 0. The lowest BCUT2D eigenvalue weighted by Gasteiger charge is -2.21. The first-order valence-corrected chi connectivity index (χ1v) is 3.47. The van der Waals surface area contributed by atoms with E-state index in [0.717, 1.165) is 6.04 Å². The van der Waals surface area contributed by atoms with Gasteiger partial charge in [-0.1, -0.05) is 0 Å². The third-order valence-corrected chi connectivity index (χ3v) is 1.97. The van der Waals surface area contributed by atoms with Gasteiger partial charge in [0, 0.05) is 6.42 Å². The molecule has 0 radical (unpaired) electrons. The van der Waals surface area contributed by atoms with Gasteiger partial charge >= 0.3 is 0 Å². The lowest BCUT2D eigenvalue weighted by Crippen LogP contribution is -2.38. The van der Waals surface area contributed by atoms with E-state index >= 15 is 0 Å². The van der Waals surface area contributed by atoms with Crippen LogP contribution >= 0.6 is 0 Å². The fourth-order valence-electron chi connectivity index (χ4n) is 1.08. The number of hydrogen-bond acceptors (Lipinski definition) is 1. The van der Waals surface area contributed by atoms with E-state index in [9.17, 15) is 0 Å². The van der Waals surface area contributed by atoms with Gasteiger partial charge in [-0.05, 0) is 6.92 Å². The lowest BCUT2D eigenvalue weighted by molar-refractivity contribution is -0.504. The van der Waals surface area contributed by atoms with Gasteiger partial charge in [-0.2, -0.15) is 0 Å². The summed E-state index contributed by atoms with van der Waals surface area (Å²) in [6.07, 6.45) is 3.44. The molecule has 52 valence electrons. The second-order valence-corrected chi connectivity index (χ2v) is 2.90. The molecule has 2 heteroatoms. The predicted molar refractivity (Wildman–Crippen MR) is 39.0 cm³/mol. The van der Waals surface area contributed by atoms with E-state index in [0.29, 0.717) is 0 Å². The molecule has 0 spiro atoms. The van der Waals surface area contributed by atoms with E-state index in [2.05, 4.69) is 36.8 Å². The number of hydrogen-bond donors (Lipinski definition) is 0. The molecule has 0 aromatic carbocycles. The highest BCUT2D eigenvalue weighted by molar-refractivity contribution is 5.49. The summed E-state index contributed by atoms with van der Waals surface area (Å²) >= 11 is 0. The van der Waals surface area contributed by atoms with Gasteiger partial charge < -0.3 is 0 Å². The van der Waals surface area contributed by atoms with Crippen molar-refractivity contribution in [2.75, 3.05) is 20.6 Å². The van der Waals surface area contributed by atoms with Crippen LogP contribution in [0.15, 0.2) is 0 Å². The summed E-state index contributed by atoms with van der Waals surface area (Å²) in [5.74, 6) is 0. The zero-order valence-corrected chi connectivity index (χ0v) is 6.46. The van der Waals surface area contributed by atoms with Crippen molar-refractivity contribution in [3.8, 4) is 0 Å². The topological polar surface area (TPSA) is 6.25 Å². The zero-order valence-electron chi connectivity index (χ0n) is 6.46. The minimum atomic E-state index is 0.723. The van der Waals surface area contributed by atoms with E-state index < -0.39 is 0 Å². The molecule has 0 aromatic rings. The van der Waals surface area contributed by atoms with Crippen molar-refractivity contribution < 1.29 is 4.58 Å². The van der Waals surface area contributed by atoms with Crippen molar-refractivity contribution in [1.29, 1.82) is 0 Å². The molecule has 0 aromatic heterocycles. The minimum absolute atomic E-state index is 0.723. The van der Waals surface area contributed by atoms with Crippen LogP contribution in [-0.2, 0) is 0 Å². The van der Waals surface area contributed by atoms with E-state index in [1.54, 1.807) is 0 Å². The zero-order chi connectivity index (χ0) is 6.85. The largest absolute Gasteiger partial charge is 0.271 e. The fraction of sp³-hybridized carbons (Fsp3) is 0.857. The Morgan fingerprint density at radius 2 is 2.33 bits per heavy atom. The van der Waals surface area contributed by atoms with E-state index in [1.807, 2.05) is 0 Å². The maximum atomic E-state index is 2.25. The van der Waals surface area contributed by atoms with Gasteiger partial charge in [0.1, 0.15) is 0 Å². The van der Waals surface area contributed by atoms with E-state index in [-0.39, 0.29) is 0 Å². The molecule has 1 aliphatic rings. The SMILES string of the molecule is CC1CC[N+](C)=CN1C. The van der Waals surface area contributed by atoms with Crippen LogP contribution in [0.4, 0.5) is 0 Å². The standard InChI is InChI=1S/C7H15N2/c1-7-4-5-8(2)6-9(7)3/h6-7H,4-5H2,1-3H3/q+1. The Balaban J connectivity index is 2.58. The Morgan fingerprint density at radius 1 is 1.67 bits per heavy atom. The molecule has 0 saturated carbocycles. The van der Waals surface area contributed by atoms with Crippen molar-refractivity contribution in [2.24, 2.45) is 0 Å². The van der Waals surface area contributed by atoms with Crippen LogP contribution in [0.3, 0.4) is 0 Å². The predicted octanol–water partition coefficient (Wildman–Crippen LogP) is 0.381. The Bertz CT molecular complexity index is 129. The third kappa shape index (κ3) is 1.44. The highest BCUT2D eigenvalue weighted by Crippen LogP contribution is 2.02. The van der Waals surface area contributed by atoms with Gasteiger partial charge in [0.05, 0.1) is 26.7 Å². The van der Waals surface area contributed by atoms with E-state index in [1.165, 1.54) is 13.0 Å². The maximum absolute atomic E-state index is 2.25. The van der Waals surface area contributed by atoms with Gasteiger partial charge in [0.25, 0.3) is 0 Å². The third-order valence-electron chi connectivity index (χ3n) is 1.97. The van der Waals surface area contributed by atoms with Crippen molar-refractivity contribution in [2.45, 2.75) is 19.4 Å². The van der Waals surface area contributed by atoms with Crippen LogP contribution in [0, 0.1) is 0 Å². The van der Waals surface area contributed by atoms with E-state index in [4.69, 9.17) is 0 Å². The lowest BCUT2D eigenvalue weighted by atomic mass is 10.2. The van der Waals surface area contributed by atoms with Crippen LogP contribution in [0.1, 0.15) is 13.3 Å². The normalized spacial score (nSPS) is 28.1. The van der Waals surface area contributed by atoms with Gasteiger partial charge in [-0.25, -0.2) is 0 Å². The van der Waals surface area contributed by atoms with Crippen molar-refractivity contribution >= 4 is 6.34 Å². The molecule has 0 saturated heterocycles. The molecule has 1 atom stereocenters. The molecule has 0 N–H and O–H groups in total. The Labute approximate surface area is 56.8 Å². The van der Waals surface area contributed by atoms with Crippen LogP contribution in [0.5, 0.6) is 0 Å². The number of rotatable bonds is 0. The Kier molecular flexibility index (Phi) is 1.74. The molecule has 2 nitrogen and oxygen atoms in total. The van der Waals surface area contributed by atoms with Crippen LogP contribution in [0.25, 0.3) is 0 Å². The minimum Gasteiger partial charge on any atom is -0.271 e. The second kappa shape index (κ2) is 2.38. The van der Waals surface area contributed by atoms with Crippen molar-refractivity contribution in [3.63, 3.8) is 0 Å². The molecular formula is C7H15N2+. The van der Waals surface area contributed by atoms with Gasteiger partial charge in [-0.3, -0.25) is 9.48 Å². The van der Waals surface area contributed by atoms with Crippen molar-refractivity contribution in [3.05, 3.63) is 0 Å². The molecule has 1 heterocycles. The summed E-state index contributed by atoms with van der Waals surface area (Å²) in [7, 11) is 4.24. The molecule has 0 aliphatic carbocycles. The summed E-state index contributed by atoms with van der Waals surface area (Å²) < 4.78 is 2.22. The summed E-state index contributed by atoms with van der Waals surface area (Å²) in [4.78, 5) is 2.25. The smallest absolute Gasteiger partial charge is 0.233 e. The molecule has 0 fully saturated rings. The highest BCUT2D eigenvalue weighted by atomic mass is 15.2. The Hall–Kier alpha value is -0.530. The Morgan fingerprint density at radius 3 is 2.78 bits per heavy atom. The second-order valence-electron chi connectivity index (χ2n) is 2.90. The molecule has 1 unspecified atom stereocenters. The highest BCUT2D eigenvalue weighted by Gasteiger charge is 2.17. The molecule has 1 aliphatic heterocycles. The molecule has 1 rings (SSSR count). The molecule has 0 bridgehead atoms. The molecule has 9 heavy (non-hydrogen) atoms. The average Bonchev–Trinajstić information content (AvgIpc) is 1.80. The summed E-state index contributed by atoms with van der Waals surface area (Å²) in [6, 6.07) is 0.723. The summed E-state index contributed by atoms with van der Waals surface area (Å²) in [5, 5.41) is 0. The molecular weight excluding hydrogens is 112 g/mol.